The van der Waals surface area contributed by atoms with E-state index in [1.165, 1.54) is 66.2 Å². The lowest BCUT2D eigenvalue weighted by Gasteiger charge is -2.57. The molecule has 3 N–H and O–H groups in total. The Labute approximate surface area is 202 Å². The van der Waals surface area contributed by atoms with Crippen LogP contribution in [-0.2, 0) is 11.8 Å². The molecule has 0 atom stereocenters. The van der Waals surface area contributed by atoms with Crippen molar-refractivity contribution in [3.8, 4) is 22.8 Å². The van der Waals surface area contributed by atoms with Gasteiger partial charge in [-0.15, -0.1) is 0 Å². The minimum atomic E-state index is 0.423. The maximum Gasteiger partial charge on any atom is 0.162 e. The van der Waals surface area contributed by atoms with Crippen LogP contribution in [0.15, 0.2) is 36.4 Å². The third kappa shape index (κ3) is 3.37. The first-order valence-electron chi connectivity index (χ1n) is 13.5. The molecule has 5 aliphatic rings. The number of unbranched alkanes of at least 4 members (excludes halogenated alkanes) is 1. The van der Waals surface area contributed by atoms with Crippen LogP contribution in [-0.4, -0.2) is 24.7 Å². The third-order valence-corrected chi connectivity index (χ3v) is 9.27. The zero-order chi connectivity index (χ0) is 22.7. The second kappa shape index (κ2) is 8.05. The van der Waals surface area contributed by atoms with Crippen molar-refractivity contribution >= 4 is 10.9 Å². The minimum Gasteiger partial charge on any atom is -0.486 e. The number of benzene rings is 2. The summed E-state index contributed by atoms with van der Waals surface area (Å²) in [5, 5.41) is 1.41. The average Bonchev–Trinajstić information content (AvgIpc) is 3.21. The first-order chi connectivity index (χ1) is 16.7. The smallest absolute Gasteiger partial charge is 0.162 e. The second-order valence-electron chi connectivity index (χ2n) is 11.5. The Hall–Kier alpha value is -2.46. The molecule has 0 spiro atoms. The molecule has 0 saturated heterocycles. The van der Waals surface area contributed by atoms with E-state index in [0.717, 1.165) is 55.1 Å². The molecule has 178 valence electrons. The third-order valence-electron chi connectivity index (χ3n) is 9.27. The van der Waals surface area contributed by atoms with Crippen LogP contribution < -0.4 is 15.2 Å². The Bertz CT molecular complexity index is 1190. The first-order valence-corrected chi connectivity index (χ1v) is 13.5. The number of aromatic nitrogens is 1. The summed E-state index contributed by atoms with van der Waals surface area (Å²) in [5.41, 5.74) is 13.0. The minimum absolute atomic E-state index is 0.423. The molecule has 8 rings (SSSR count). The number of hydrogen-bond acceptors (Lipinski definition) is 3. The molecule has 0 radical (unpaired) electrons. The van der Waals surface area contributed by atoms with Gasteiger partial charge in [0.1, 0.15) is 13.2 Å². The summed E-state index contributed by atoms with van der Waals surface area (Å²) in [6.07, 6.45) is 11.9. The van der Waals surface area contributed by atoms with Crippen molar-refractivity contribution in [1.29, 1.82) is 0 Å². The highest BCUT2D eigenvalue weighted by molar-refractivity contribution is 5.91. The van der Waals surface area contributed by atoms with Gasteiger partial charge in [-0.1, -0.05) is 6.07 Å². The van der Waals surface area contributed by atoms with Crippen molar-refractivity contribution in [2.75, 3.05) is 19.8 Å². The molecule has 4 saturated carbocycles. The van der Waals surface area contributed by atoms with Gasteiger partial charge >= 0.3 is 0 Å². The second-order valence-corrected chi connectivity index (χ2v) is 11.5. The Morgan fingerprint density at radius 3 is 2.32 bits per heavy atom. The van der Waals surface area contributed by atoms with Gasteiger partial charge < -0.3 is 20.2 Å². The fourth-order valence-corrected chi connectivity index (χ4v) is 8.19. The van der Waals surface area contributed by atoms with Crippen LogP contribution in [0.3, 0.4) is 0 Å². The number of nitrogens with two attached hydrogens (primary N) is 1. The van der Waals surface area contributed by atoms with Crippen molar-refractivity contribution in [2.24, 2.45) is 23.5 Å². The maximum absolute atomic E-state index is 5.90. The van der Waals surface area contributed by atoms with Gasteiger partial charge in [0.2, 0.25) is 0 Å². The molecule has 4 nitrogen and oxygen atoms in total. The average molecular weight is 457 g/mol. The highest BCUT2D eigenvalue weighted by Crippen LogP contribution is 2.61. The van der Waals surface area contributed by atoms with Crippen molar-refractivity contribution in [3.63, 3.8) is 0 Å². The quantitative estimate of drug-likeness (QED) is 0.425. The zero-order valence-electron chi connectivity index (χ0n) is 20.1. The number of hydrogen-bond donors (Lipinski definition) is 2. The monoisotopic (exact) mass is 456 g/mol. The number of aryl methyl sites for hydroxylation is 1. The summed E-state index contributed by atoms with van der Waals surface area (Å²) >= 11 is 0. The SMILES string of the molecule is NCCCCc1c(-c2ccc3c(c2)OCCO3)[nH]c2ccc(C34CC5CC(CC(C5)C3)C4)cc12. The van der Waals surface area contributed by atoms with E-state index in [-0.39, 0.29) is 0 Å². The lowest BCUT2D eigenvalue weighted by molar-refractivity contribution is -0.00513. The molecule has 1 aromatic heterocycles. The molecule has 4 fully saturated rings. The van der Waals surface area contributed by atoms with Gasteiger partial charge in [-0.2, -0.15) is 0 Å². The van der Waals surface area contributed by atoms with E-state index in [0.29, 0.717) is 18.6 Å². The molecule has 4 aliphatic carbocycles. The summed E-state index contributed by atoms with van der Waals surface area (Å²) in [4.78, 5) is 3.79. The molecule has 2 aromatic carbocycles. The topological polar surface area (TPSA) is 60.3 Å². The van der Waals surface area contributed by atoms with E-state index in [1.54, 1.807) is 5.56 Å². The molecule has 4 heteroatoms. The predicted molar refractivity (Wildman–Crippen MR) is 137 cm³/mol. The van der Waals surface area contributed by atoms with Crippen LogP contribution in [0.5, 0.6) is 11.5 Å². The molecule has 2 heterocycles. The maximum atomic E-state index is 5.90. The Balaban J connectivity index is 1.32. The predicted octanol–water partition coefficient (Wildman–Crippen LogP) is 6.36. The fourth-order valence-electron chi connectivity index (χ4n) is 8.19. The van der Waals surface area contributed by atoms with Crippen molar-refractivity contribution in [3.05, 3.63) is 47.5 Å². The number of ether oxygens (including phenoxy) is 2. The molecular weight excluding hydrogens is 420 g/mol. The molecule has 3 aromatic rings. The first kappa shape index (κ1) is 20.9. The molecule has 34 heavy (non-hydrogen) atoms. The Morgan fingerprint density at radius 2 is 1.59 bits per heavy atom. The number of rotatable bonds is 6. The van der Waals surface area contributed by atoms with E-state index >= 15 is 0 Å². The van der Waals surface area contributed by atoms with Gasteiger partial charge in [-0.25, -0.2) is 0 Å². The molecular formula is C30H36N2O2. The van der Waals surface area contributed by atoms with Gasteiger partial charge in [0.05, 0.1) is 0 Å². The zero-order valence-corrected chi connectivity index (χ0v) is 20.1. The van der Waals surface area contributed by atoms with Crippen LogP contribution in [0.4, 0.5) is 0 Å². The van der Waals surface area contributed by atoms with E-state index < -0.39 is 0 Å². The van der Waals surface area contributed by atoms with Crippen LogP contribution in [0.25, 0.3) is 22.2 Å². The summed E-state index contributed by atoms with van der Waals surface area (Å²) < 4.78 is 11.7. The van der Waals surface area contributed by atoms with Crippen molar-refractivity contribution in [2.45, 2.75) is 63.2 Å². The number of H-pyrrole nitrogens is 1. The van der Waals surface area contributed by atoms with Crippen LogP contribution in [0.1, 0.15) is 62.5 Å². The van der Waals surface area contributed by atoms with Crippen molar-refractivity contribution < 1.29 is 9.47 Å². The van der Waals surface area contributed by atoms with E-state index in [1.807, 2.05) is 0 Å². The van der Waals surface area contributed by atoms with Crippen LogP contribution >= 0.6 is 0 Å². The number of aromatic amines is 1. The lowest BCUT2D eigenvalue weighted by Crippen LogP contribution is -2.48. The van der Waals surface area contributed by atoms with Crippen molar-refractivity contribution in [1.82, 2.24) is 4.98 Å². The normalized spacial score (nSPS) is 29.1. The number of fused-ring (bicyclic) bond motifs is 2. The Kier molecular flexibility index (Phi) is 4.94. The van der Waals surface area contributed by atoms with Gasteiger partial charge in [0.25, 0.3) is 0 Å². The van der Waals surface area contributed by atoms with Gasteiger partial charge in [0, 0.05) is 22.2 Å². The van der Waals surface area contributed by atoms with E-state index in [2.05, 4.69) is 41.4 Å². The van der Waals surface area contributed by atoms with E-state index in [4.69, 9.17) is 15.2 Å². The molecule has 0 amide bonds. The van der Waals surface area contributed by atoms with Gasteiger partial charge in [0.15, 0.2) is 11.5 Å². The van der Waals surface area contributed by atoms with Gasteiger partial charge in [-0.05, 0) is 129 Å². The number of nitrogens with one attached hydrogen (secondary N) is 1. The highest BCUT2D eigenvalue weighted by Gasteiger charge is 2.51. The van der Waals surface area contributed by atoms with Gasteiger partial charge in [-0.3, -0.25) is 0 Å². The summed E-state index contributed by atoms with van der Waals surface area (Å²) in [6, 6.07) is 13.7. The fraction of sp³-hybridized carbons (Fsp3) is 0.533. The molecule has 1 aliphatic heterocycles. The summed E-state index contributed by atoms with van der Waals surface area (Å²) in [6.45, 7) is 1.98. The van der Waals surface area contributed by atoms with E-state index in [9.17, 15) is 0 Å². The summed E-state index contributed by atoms with van der Waals surface area (Å²) in [7, 11) is 0. The lowest BCUT2D eigenvalue weighted by atomic mass is 9.48. The van der Waals surface area contributed by atoms with Crippen LogP contribution in [0.2, 0.25) is 0 Å². The standard InChI is InChI=1S/C30H36N2O2/c31-8-2-1-3-24-25-15-23(30-16-19-11-20(17-30)13-21(12-19)18-30)5-6-26(25)32-29(24)22-4-7-27-28(14-22)34-10-9-33-27/h4-7,14-15,19-21,32H,1-3,8-13,16-18,31H2. The Morgan fingerprint density at radius 1 is 0.853 bits per heavy atom. The molecule has 4 bridgehead atoms. The summed E-state index contributed by atoms with van der Waals surface area (Å²) in [5.74, 6) is 4.59. The molecule has 0 unspecified atom stereocenters. The largest absolute Gasteiger partial charge is 0.486 e. The highest BCUT2D eigenvalue weighted by atomic mass is 16.6. The van der Waals surface area contributed by atoms with Crippen LogP contribution in [0, 0.1) is 17.8 Å².